The van der Waals surface area contributed by atoms with Crippen molar-refractivity contribution in [2.24, 2.45) is 22.4 Å². The number of rotatable bonds is 1. The van der Waals surface area contributed by atoms with Gasteiger partial charge in [-0.1, -0.05) is 0 Å². The Labute approximate surface area is 127 Å². The molecule has 118 valence electrons. The number of amidine groups is 1. The van der Waals surface area contributed by atoms with Crippen LogP contribution in [0.15, 0.2) is 16.3 Å². The first-order valence-electron chi connectivity index (χ1n) is 8.32. The van der Waals surface area contributed by atoms with E-state index in [2.05, 4.69) is 24.3 Å². The number of nitrogens with one attached hydrogen (secondary N) is 1. The Morgan fingerprint density at radius 3 is 2.48 bits per heavy atom. The minimum Gasteiger partial charge on any atom is -0.363 e. The summed E-state index contributed by atoms with van der Waals surface area (Å²) in [6.45, 7) is 0. The minimum atomic E-state index is -0.643. The van der Waals surface area contributed by atoms with Crippen LogP contribution in [0.1, 0.15) is 51.4 Å². The predicted octanol–water partition coefficient (Wildman–Crippen LogP) is 1.51. The maximum Gasteiger partial charge on any atom is 0.187 e. The van der Waals surface area contributed by atoms with Gasteiger partial charge in [0.05, 0.1) is 0 Å². The third-order valence-electron chi connectivity index (χ3n) is 5.20. The van der Waals surface area contributed by atoms with Crippen molar-refractivity contribution in [2.45, 2.75) is 63.2 Å². The zero-order valence-corrected chi connectivity index (χ0v) is 13.4. The van der Waals surface area contributed by atoms with E-state index in [1.165, 1.54) is 24.1 Å². The Morgan fingerprint density at radius 2 is 1.81 bits per heavy atom. The van der Waals surface area contributed by atoms with Crippen LogP contribution >= 0.6 is 0 Å². The van der Waals surface area contributed by atoms with Gasteiger partial charge < -0.3 is 16.0 Å². The molecule has 1 saturated carbocycles. The van der Waals surface area contributed by atoms with Crippen molar-refractivity contribution >= 4 is 5.84 Å². The summed E-state index contributed by atoms with van der Waals surface area (Å²) in [6.07, 6.45) is 8.97. The van der Waals surface area contributed by atoms with Gasteiger partial charge in [0.1, 0.15) is 5.84 Å². The minimum absolute atomic E-state index is 0.343. The van der Waals surface area contributed by atoms with Crippen LogP contribution in [-0.2, 0) is 0 Å². The molecule has 0 aromatic carbocycles. The highest BCUT2D eigenvalue weighted by Gasteiger charge is 2.41. The lowest BCUT2D eigenvalue weighted by molar-refractivity contribution is 0.169. The van der Waals surface area contributed by atoms with Crippen LogP contribution in [0.4, 0.5) is 0 Å². The molecule has 1 aliphatic heterocycles. The fourth-order valence-electron chi connectivity index (χ4n) is 3.92. The highest BCUT2D eigenvalue weighted by atomic mass is 15.3. The zero-order chi connectivity index (χ0) is 15.0. The Bertz CT molecular complexity index is 459. The van der Waals surface area contributed by atoms with Crippen LogP contribution in [0.5, 0.6) is 0 Å². The molecule has 0 saturated heterocycles. The maximum absolute atomic E-state index is 6.71. The maximum atomic E-state index is 6.71. The number of aliphatic imine (C=N–C) groups is 1. The second-order valence-electron chi connectivity index (χ2n) is 7.06. The molecule has 1 heterocycles. The molecule has 0 amide bonds. The summed E-state index contributed by atoms with van der Waals surface area (Å²) in [7, 11) is 4.14. The first kappa shape index (κ1) is 14.9. The van der Waals surface area contributed by atoms with Crippen molar-refractivity contribution < 1.29 is 0 Å². The SMILES string of the molecule is CN(C)C1=NC(N)(C2CCC(N)CC2)NC2=C1CCCC2. The molecule has 21 heavy (non-hydrogen) atoms. The highest BCUT2D eigenvalue weighted by molar-refractivity contribution is 5.99. The molecule has 0 aromatic heterocycles. The van der Waals surface area contributed by atoms with Crippen molar-refractivity contribution in [1.82, 2.24) is 10.2 Å². The first-order valence-corrected chi connectivity index (χ1v) is 8.32. The van der Waals surface area contributed by atoms with Gasteiger partial charge in [-0.25, -0.2) is 4.99 Å². The summed E-state index contributed by atoms with van der Waals surface area (Å²) in [5, 5.41) is 3.60. The molecule has 3 rings (SSSR count). The lowest BCUT2D eigenvalue weighted by Gasteiger charge is -2.44. The van der Waals surface area contributed by atoms with Gasteiger partial charge in [0, 0.05) is 37.3 Å². The van der Waals surface area contributed by atoms with Crippen molar-refractivity contribution in [1.29, 1.82) is 0 Å². The van der Waals surface area contributed by atoms with Crippen LogP contribution in [0.3, 0.4) is 0 Å². The van der Waals surface area contributed by atoms with E-state index in [1.807, 2.05) is 0 Å². The van der Waals surface area contributed by atoms with E-state index in [1.54, 1.807) is 0 Å². The average molecular weight is 291 g/mol. The van der Waals surface area contributed by atoms with Crippen LogP contribution < -0.4 is 16.8 Å². The summed E-state index contributed by atoms with van der Waals surface area (Å²) in [5.41, 5.74) is 15.5. The van der Waals surface area contributed by atoms with Gasteiger partial charge in [0.15, 0.2) is 5.79 Å². The molecular weight excluding hydrogens is 262 g/mol. The number of nitrogens with zero attached hydrogens (tertiary/aromatic N) is 2. The first-order chi connectivity index (χ1) is 9.99. The van der Waals surface area contributed by atoms with Crippen molar-refractivity contribution in [2.75, 3.05) is 14.1 Å². The average Bonchev–Trinajstić information content (AvgIpc) is 2.46. The molecule has 0 aromatic rings. The van der Waals surface area contributed by atoms with Gasteiger partial charge in [-0.3, -0.25) is 5.73 Å². The molecule has 5 heteroatoms. The number of hydrogen-bond acceptors (Lipinski definition) is 5. The third kappa shape index (κ3) is 2.81. The van der Waals surface area contributed by atoms with Crippen LogP contribution in [0, 0.1) is 5.92 Å². The van der Waals surface area contributed by atoms with E-state index in [9.17, 15) is 0 Å². The van der Waals surface area contributed by atoms with Crippen molar-refractivity contribution in [3.8, 4) is 0 Å². The van der Waals surface area contributed by atoms with Crippen LogP contribution in [0.25, 0.3) is 0 Å². The number of hydrogen-bond donors (Lipinski definition) is 3. The second kappa shape index (κ2) is 5.61. The molecule has 3 aliphatic rings. The van der Waals surface area contributed by atoms with Crippen LogP contribution in [-0.4, -0.2) is 36.7 Å². The van der Waals surface area contributed by atoms with E-state index >= 15 is 0 Å². The number of nitrogens with two attached hydrogens (primary N) is 2. The fourth-order valence-corrected chi connectivity index (χ4v) is 3.92. The topological polar surface area (TPSA) is 79.7 Å². The Morgan fingerprint density at radius 1 is 1.14 bits per heavy atom. The van der Waals surface area contributed by atoms with E-state index < -0.39 is 5.79 Å². The molecule has 5 N–H and O–H groups in total. The lowest BCUT2D eigenvalue weighted by Crippen LogP contribution is -2.61. The largest absolute Gasteiger partial charge is 0.363 e. The smallest absolute Gasteiger partial charge is 0.187 e. The summed E-state index contributed by atoms with van der Waals surface area (Å²) >= 11 is 0. The predicted molar refractivity (Wildman–Crippen MR) is 86.6 cm³/mol. The summed E-state index contributed by atoms with van der Waals surface area (Å²) in [4.78, 5) is 7.08. The molecule has 5 nitrogen and oxygen atoms in total. The Balaban J connectivity index is 1.88. The van der Waals surface area contributed by atoms with E-state index in [0.29, 0.717) is 12.0 Å². The van der Waals surface area contributed by atoms with Gasteiger partial charge in [-0.2, -0.15) is 0 Å². The quantitative estimate of drug-likeness (QED) is 0.684. The number of allylic oxidation sites excluding steroid dienone is 1. The lowest BCUT2D eigenvalue weighted by atomic mass is 9.80. The Hall–Kier alpha value is -1.07. The summed E-state index contributed by atoms with van der Waals surface area (Å²) < 4.78 is 0. The molecule has 2 aliphatic carbocycles. The normalized spacial score (nSPS) is 36.7. The second-order valence-corrected chi connectivity index (χ2v) is 7.06. The van der Waals surface area contributed by atoms with Gasteiger partial charge in [-0.05, 0) is 51.4 Å². The van der Waals surface area contributed by atoms with E-state index in [4.69, 9.17) is 16.5 Å². The summed E-state index contributed by atoms with van der Waals surface area (Å²) in [5.74, 6) is 0.819. The number of likely N-dealkylation sites (N-methyl/N-ethyl adjacent to an activating group) is 1. The van der Waals surface area contributed by atoms with Gasteiger partial charge in [0.2, 0.25) is 0 Å². The van der Waals surface area contributed by atoms with E-state index in [0.717, 1.165) is 44.4 Å². The fraction of sp³-hybridized carbons (Fsp3) is 0.812. The molecule has 1 atom stereocenters. The summed E-state index contributed by atoms with van der Waals surface area (Å²) in [6, 6.07) is 0.343. The molecular formula is C16H29N5. The van der Waals surface area contributed by atoms with Crippen molar-refractivity contribution in [3.63, 3.8) is 0 Å². The third-order valence-corrected chi connectivity index (χ3v) is 5.20. The standard InChI is InChI=1S/C16H29N5/c1-21(2)15-13-5-3-4-6-14(13)19-16(18,20-15)11-7-9-12(17)10-8-11/h11-12,19H,3-10,17-18H2,1-2H3. The monoisotopic (exact) mass is 291 g/mol. The molecule has 1 unspecified atom stereocenters. The van der Waals surface area contributed by atoms with Gasteiger partial charge >= 0.3 is 0 Å². The van der Waals surface area contributed by atoms with E-state index in [-0.39, 0.29) is 0 Å². The zero-order valence-electron chi connectivity index (χ0n) is 13.4. The Kier molecular flexibility index (Phi) is 3.97. The van der Waals surface area contributed by atoms with Gasteiger partial charge in [0.25, 0.3) is 0 Å². The van der Waals surface area contributed by atoms with Gasteiger partial charge in [-0.15, -0.1) is 0 Å². The van der Waals surface area contributed by atoms with Crippen LogP contribution in [0.2, 0.25) is 0 Å². The molecule has 0 bridgehead atoms. The highest BCUT2D eigenvalue weighted by Crippen LogP contribution is 2.36. The molecule has 1 fully saturated rings. The molecule has 0 spiro atoms. The molecule has 0 radical (unpaired) electrons. The van der Waals surface area contributed by atoms with Crippen molar-refractivity contribution in [3.05, 3.63) is 11.3 Å².